The number of furan rings is 2. The monoisotopic (exact) mass is 717 g/mol. The summed E-state index contributed by atoms with van der Waals surface area (Å²) in [4.78, 5) is 15.2. The van der Waals surface area contributed by atoms with Gasteiger partial charge in [0.15, 0.2) is 17.5 Å². The van der Waals surface area contributed by atoms with Crippen LogP contribution in [-0.2, 0) is 0 Å². The van der Waals surface area contributed by atoms with Gasteiger partial charge in [-0.15, -0.1) is 0 Å². The lowest BCUT2D eigenvalue weighted by Gasteiger charge is -2.09. The van der Waals surface area contributed by atoms with Crippen LogP contribution in [0.25, 0.3) is 111 Å². The number of nitrogens with zero attached hydrogens (tertiary/aromatic N) is 3. The molecule has 8 aromatic carbocycles. The maximum absolute atomic E-state index is 6.97. The third-order valence-corrected chi connectivity index (χ3v) is 10.6. The summed E-state index contributed by atoms with van der Waals surface area (Å²) in [5, 5.41) is 4.20. The van der Waals surface area contributed by atoms with Crippen LogP contribution in [-0.4, -0.2) is 15.0 Å². The Morgan fingerprint density at radius 1 is 0.286 bits per heavy atom. The molecule has 262 valence electrons. The molecule has 0 radical (unpaired) electrons. The van der Waals surface area contributed by atoms with E-state index in [0.29, 0.717) is 17.5 Å². The van der Waals surface area contributed by atoms with Crippen molar-refractivity contribution in [2.24, 2.45) is 0 Å². The van der Waals surface area contributed by atoms with E-state index in [-0.39, 0.29) is 0 Å². The van der Waals surface area contributed by atoms with E-state index in [2.05, 4.69) is 121 Å². The summed E-state index contributed by atoms with van der Waals surface area (Å²) < 4.78 is 13.5. The highest BCUT2D eigenvalue weighted by Gasteiger charge is 2.21. The van der Waals surface area contributed by atoms with Gasteiger partial charge in [0.1, 0.15) is 22.3 Å². The van der Waals surface area contributed by atoms with Gasteiger partial charge >= 0.3 is 0 Å². The predicted octanol–water partition coefficient (Wildman–Crippen LogP) is 13.7. The molecule has 0 bridgehead atoms. The molecule has 0 aliphatic heterocycles. The van der Waals surface area contributed by atoms with Crippen LogP contribution in [0.4, 0.5) is 0 Å². The Bertz CT molecular complexity index is 3220. The maximum Gasteiger partial charge on any atom is 0.167 e. The van der Waals surface area contributed by atoms with E-state index in [1.165, 1.54) is 0 Å². The molecular weight excluding hydrogens is 687 g/mol. The zero-order valence-electron chi connectivity index (χ0n) is 30.1. The second kappa shape index (κ2) is 13.0. The third kappa shape index (κ3) is 5.37. The maximum atomic E-state index is 6.97. The van der Waals surface area contributed by atoms with Gasteiger partial charge in [-0.05, 0) is 52.1 Å². The fourth-order valence-electron chi connectivity index (χ4n) is 7.86. The molecular formula is C51H31N3O2. The molecule has 0 atom stereocenters. The van der Waals surface area contributed by atoms with E-state index < -0.39 is 0 Å². The Hall–Kier alpha value is -7.63. The van der Waals surface area contributed by atoms with Crippen LogP contribution in [0.1, 0.15) is 0 Å². The first-order valence-corrected chi connectivity index (χ1v) is 18.7. The Labute approximate surface area is 322 Å². The highest BCUT2D eigenvalue weighted by atomic mass is 16.3. The van der Waals surface area contributed by atoms with Crippen LogP contribution in [0.2, 0.25) is 0 Å². The molecule has 0 spiro atoms. The van der Waals surface area contributed by atoms with Crippen LogP contribution in [0.3, 0.4) is 0 Å². The highest BCUT2D eigenvalue weighted by Crippen LogP contribution is 2.44. The van der Waals surface area contributed by atoms with Gasteiger partial charge in [-0.1, -0.05) is 164 Å². The summed E-state index contributed by atoms with van der Waals surface area (Å²) >= 11 is 0. The van der Waals surface area contributed by atoms with E-state index in [1.807, 2.05) is 66.7 Å². The number of para-hydroxylation sites is 3. The van der Waals surface area contributed by atoms with Crippen molar-refractivity contribution in [2.45, 2.75) is 0 Å². The molecule has 5 heteroatoms. The molecule has 3 aromatic heterocycles. The van der Waals surface area contributed by atoms with Crippen LogP contribution >= 0.6 is 0 Å². The topological polar surface area (TPSA) is 65.0 Å². The van der Waals surface area contributed by atoms with Crippen molar-refractivity contribution in [3.8, 4) is 67.5 Å². The number of rotatable bonds is 6. The molecule has 5 nitrogen and oxygen atoms in total. The Kier molecular flexibility index (Phi) is 7.42. The van der Waals surface area contributed by atoms with Gasteiger partial charge in [-0.3, -0.25) is 0 Å². The average molecular weight is 718 g/mol. The van der Waals surface area contributed by atoms with Crippen LogP contribution in [0.5, 0.6) is 0 Å². The first-order chi connectivity index (χ1) is 27.7. The lowest BCUT2D eigenvalue weighted by Crippen LogP contribution is -2.00. The molecule has 3 heterocycles. The van der Waals surface area contributed by atoms with E-state index in [1.54, 1.807) is 0 Å². The van der Waals surface area contributed by atoms with E-state index in [0.717, 1.165) is 93.9 Å². The van der Waals surface area contributed by atoms with E-state index >= 15 is 0 Å². The minimum Gasteiger partial charge on any atom is -0.456 e. The third-order valence-electron chi connectivity index (χ3n) is 10.6. The van der Waals surface area contributed by atoms with Crippen molar-refractivity contribution < 1.29 is 8.83 Å². The summed E-state index contributed by atoms with van der Waals surface area (Å²) in [6.07, 6.45) is 0. The molecule has 0 aliphatic carbocycles. The van der Waals surface area contributed by atoms with Crippen molar-refractivity contribution in [1.29, 1.82) is 0 Å². The first-order valence-electron chi connectivity index (χ1n) is 18.7. The van der Waals surface area contributed by atoms with Gasteiger partial charge in [-0.25, -0.2) is 15.0 Å². The smallest absolute Gasteiger partial charge is 0.167 e. The van der Waals surface area contributed by atoms with Gasteiger partial charge in [0.25, 0.3) is 0 Å². The van der Waals surface area contributed by atoms with Gasteiger partial charge in [-0.2, -0.15) is 0 Å². The molecule has 0 saturated carbocycles. The summed E-state index contributed by atoms with van der Waals surface area (Å²) in [7, 11) is 0. The quantitative estimate of drug-likeness (QED) is 0.171. The van der Waals surface area contributed by atoms with E-state index in [4.69, 9.17) is 23.8 Å². The summed E-state index contributed by atoms with van der Waals surface area (Å²) in [5.41, 5.74) is 12.3. The number of hydrogen-bond acceptors (Lipinski definition) is 5. The number of hydrogen-bond donors (Lipinski definition) is 0. The Morgan fingerprint density at radius 2 is 0.786 bits per heavy atom. The fourth-order valence-corrected chi connectivity index (χ4v) is 7.86. The van der Waals surface area contributed by atoms with Gasteiger partial charge in [0.2, 0.25) is 0 Å². The minimum absolute atomic E-state index is 0.544. The standard InChI is InChI=1S/C51H31N3O2/c1-4-14-32(15-5-1)33-26-28-36(29-27-33)50-52-49(35-18-8-3-9-19-35)53-51(54-50)42-24-13-23-40-39-22-12-21-38(47(39)56-48(40)42)37-30-43(34-16-6-2-7-17-34)46-41-20-10-11-25-44(41)55-45(46)31-37/h1-31H. The zero-order chi connectivity index (χ0) is 37.0. The van der Waals surface area contributed by atoms with Gasteiger partial charge in [0.05, 0.1) is 5.56 Å². The van der Waals surface area contributed by atoms with Crippen molar-refractivity contribution >= 4 is 43.9 Å². The van der Waals surface area contributed by atoms with Crippen LogP contribution in [0.15, 0.2) is 197 Å². The number of fused-ring (bicyclic) bond motifs is 6. The molecule has 0 amide bonds. The lowest BCUT2D eigenvalue weighted by molar-refractivity contribution is 0.668. The lowest BCUT2D eigenvalue weighted by atomic mass is 9.94. The highest BCUT2D eigenvalue weighted by molar-refractivity contribution is 6.16. The predicted molar refractivity (Wildman–Crippen MR) is 227 cm³/mol. The molecule has 0 aliphatic rings. The van der Waals surface area contributed by atoms with Gasteiger partial charge < -0.3 is 8.83 Å². The number of benzene rings is 8. The normalized spacial score (nSPS) is 11.6. The molecule has 0 saturated heterocycles. The van der Waals surface area contributed by atoms with Crippen molar-refractivity contribution in [1.82, 2.24) is 15.0 Å². The summed E-state index contributed by atoms with van der Waals surface area (Å²) in [6, 6.07) is 64.4. The van der Waals surface area contributed by atoms with Crippen molar-refractivity contribution in [2.75, 3.05) is 0 Å². The Morgan fingerprint density at radius 3 is 1.48 bits per heavy atom. The van der Waals surface area contributed by atoms with Crippen molar-refractivity contribution in [3.63, 3.8) is 0 Å². The summed E-state index contributed by atoms with van der Waals surface area (Å²) in [5.74, 6) is 1.73. The minimum atomic E-state index is 0.544. The largest absolute Gasteiger partial charge is 0.456 e. The second-order valence-corrected chi connectivity index (χ2v) is 13.9. The fraction of sp³-hybridized carbons (Fsp3) is 0. The Balaban J connectivity index is 1.09. The molecule has 11 rings (SSSR count). The molecule has 0 unspecified atom stereocenters. The van der Waals surface area contributed by atoms with Gasteiger partial charge in [0, 0.05) is 38.2 Å². The SMILES string of the molecule is c1ccc(-c2ccc(-c3nc(-c4ccccc4)nc(-c4cccc5c4oc4c(-c6cc(-c7ccccc7)c7c(c6)oc6ccccc67)cccc45)n3)cc2)cc1. The van der Waals surface area contributed by atoms with Crippen LogP contribution in [0, 0.1) is 0 Å². The average Bonchev–Trinajstić information content (AvgIpc) is 3.86. The van der Waals surface area contributed by atoms with E-state index in [9.17, 15) is 0 Å². The number of aromatic nitrogens is 3. The molecule has 11 aromatic rings. The summed E-state index contributed by atoms with van der Waals surface area (Å²) in [6.45, 7) is 0. The van der Waals surface area contributed by atoms with Crippen molar-refractivity contribution in [3.05, 3.63) is 188 Å². The van der Waals surface area contributed by atoms with Crippen LogP contribution < -0.4 is 0 Å². The second-order valence-electron chi connectivity index (χ2n) is 13.9. The first kappa shape index (κ1) is 31.9. The zero-order valence-corrected chi connectivity index (χ0v) is 30.1. The molecule has 56 heavy (non-hydrogen) atoms. The molecule has 0 fully saturated rings. The molecule has 0 N–H and O–H groups in total.